The zero-order chi connectivity index (χ0) is 21.6. The van der Waals surface area contributed by atoms with Crippen LogP contribution in [0.15, 0.2) is 48.5 Å². The van der Waals surface area contributed by atoms with E-state index in [1.54, 1.807) is 18.2 Å². The summed E-state index contributed by atoms with van der Waals surface area (Å²) < 4.78 is 27.0. The molecule has 0 radical (unpaired) electrons. The number of carbonyl (C=O) groups is 1. The number of aryl methyl sites for hydroxylation is 1. The minimum Gasteiger partial charge on any atom is -0.356 e. The number of nitrogens with one attached hydrogen (secondary N) is 1. The van der Waals surface area contributed by atoms with Gasteiger partial charge in [-0.3, -0.25) is 4.79 Å². The molecule has 5 nitrogen and oxygen atoms in total. The Labute approximate surface area is 188 Å². The van der Waals surface area contributed by atoms with E-state index in [0.717, 1.165) is 12.8 Å². The van der Waals surface area contributed by atoms with E-state index in [2.05, 4.69) is 17.4 Å². The van der Waals surface area contributed by atoms with Crippen LogP contribution in [0.4, 0.5) is 0 Å². The van der Waals surface area contributed by atoms with Gasteiger partial charge >= 0.3 is 0 Å². The molecule has 0 aliphatic carbocycles. The first kappa shape index (κ1) is 23.1. The molecule has 3 rings (SSSR count). The average Bonchev–Trinajstić information content (AvgIpc) is 2.74. The van der Waals surface area contributed by atoms with E-state index in [4.69, 9.17) is 23.2 Å². The number of carbonyl (C=O) groups excluding carboxylic acids is 1. The van der Waals surface area contributed by atoms with Crippen molar-refractivity contribution in [2.45, 2.75) is 31.4 Å². The summed E-state index contributed by atoms with van der Waals surface area (Å²) in [5.41, 5.74) is 1.78. The van der Waals surface area contributed by atoms with E-state index < -0.39 is 10.0 Å². The van der Waals surface area contributed by atoms with Crippen LogP contribution in [0.1, 0.15) is 30.4 Å². The molecule has 0 bridgehead atoms. The first-order valence-corrected chi connectivity index (χ1v) is 12.4. The highest BCUT2D eigenvalue weighted by Gasteiger charge is 2.31. The molecule has 0 saturated carbocycles. The van der Waals surface area contributed by atoms with Crippen LogP contribution in [-0.2, 0) is 27.0 Å². The molecule has 0 unspecified atom stereocenters. The number of nitrogens with zero attached hydrogens (tertiary/aromatic N) is 1. The molecule has 0 atom stereocenters. The standard InChI is InChI=1S/C22H26Cl2N2O3S/c23-20-9-8-19(21(24)15-20)16-30(28,29)26-13-10-18(11-14-26)22(27)25-12-4-7-17-5-2-1-3-6-17/h1-3,5-6,8-9,15,18H,4,7,10-14,16H2,(H,25,27). The zero-order valence-electron chi connectivity index (χ0n) is 16.7. The van der Waals surface area contributed by atoms with E-state index in [1.165, 1.54) is 9.87 Å². The smallest absolute Gasteiger partial charge is 0.223 e. The van der Waals surface area contributed by atoms with Gasteiger partial charge < -0.3 is 5.32 Å². The van der Waals surface area contributed by atoms with Crippen molar-refractivity contribution in [1.82, 2.24) is 9.62 Å². The highest BCUT2D eigenvalue weighted by molar-refractivity contribution is 7.88. The highest BCUT2D eigenvalue weighted by atomic mass is 35.5. The molecular formula is C22H26Cl2N2O3S. The Balaban J connectivity index is 1.43. The average molecular weight is 469 g/mol. The van der Waals surface area contributed by atoms with Crippen LogP contribution in [0.5, 0.6) is 0 Å². The highest BCUT2D eigenvalue weighted by Crippen LogP contribution is 2.26. The summed E-state index contributed by atoms with van der Waals surface area (Å²) in [7, 11) is -3.50. The maximum Gasteiger partial charge on any atom is 0.223 e. The second-order valence-corrected chi connectivity index (χ2v) is 10.4. The Morgan fingerprint density at radius 3 is 2.43 bits per heavy atom. The molecule has 1 aliphatic rings. The molecule has 2 aromatic rings. The molecule has 1 amide bonds. The van der Waals surface area contributed by atoms with Gasteiger partial charge in [-0.15, -0.1) is 0 Å². The molecule has 1 heterocycles. The summed E-state index contributed by atoms with van der Waals surface area (Å²) in [6, 6.07) is 15.0. The minimum atomic E-state index is -3.50. The molecule has 30 heavy (non-hydrogen) atoms. The Kier molecular flexibility index (Phi) is 8.17. The molecule has 8 heteroatoms. The lowest BCUT2D eigenvalue weighted by atomic mass is 9.97. The van der Waals surface area contributed by atoms with Crippen molar-refractivity contribution in [1.29, 1.82) is 0 Å². The molecule has 1 N–H and O–H groups in total. The van der Waals surface area contributed by atoms with Crippen molar-refractivity contribution in [2.24, 2.45) is 5.92 Å². The lowest BCUT2D eigenvalue weighted by Crippen LogP contribution is -2.43. The van der Waals surface area contributed by atoms with Crippen molar-refractivity contribution >= 4 is 39.1 Å². The Morgan fingerprint density at radius 2 is 1.77 bits per heavy atom. The van der Waals surface area contributed by atoms with Crippen molar-refractivity contribution in [2.75, 3.05) is 19.6 Å². The van der Waals surface area contributed by atoms with E-state index in [0.29, 0.717) is 48.1 Å². The minimum absolute atomic E-state index is 0.0147. The van der Waals surface area contributed by atoms with E-state index >= 15 is 0 Å². The summed E-state index contributed by atoms with van der Waals surface area (Å²) in [5, 5.41) is 3.80. The summed E-state index contributed by atoms with van der Waals surface area (Å²) in [6.07, 6.45) is 2.85. The monoisotopic (exact) mass is 468 g/mol. The number of sulfonamides is 1. The second kappa shape index (κ2) is 10.6. The van der Waals surface area contributed by atoms with Crippen LogP contribution in [0, 0.1) is 5.92 Å². The molecule has 2 aromatic carbocycles. The molecular weight excluding hydrogens is 443 g/mol. The zero-order valence-corrected chi connectivity index (χ0v) is 19.0. The van der Waals surface area contributed by atoms with Crippen LogP contribution in [0.25, 0.3) is 0 Å². The number of amides is 1. The number of hydrogen-bond donors (Lipinski definition) is 1. The predicted molar refractivity (Wildman–Crippen MR) is 121 cm³/mol. The van der Waals surface area contributed by atoms with Gasteiger partial charge in [-0.05, 0) is 48.9 Å². The topological polar surface area (TPSA) is 66.5 Å². The van der Waals surface area contributed by atoms with E-state index in [9.17, 15) is 13.2 Å². The number of halogens is 2. The molecule has 162 valence electrons. The van der Waals surface area contributed by atoms with Crippen molar-refractivity contribution < 1.29 is 13.2 Å². The SMILES string of the molecule is O=C(NCCCc1ccccc1)C1CCN(S(=O)(=O)Cc2ccc(Cl)cc2Cl)CC1. The van der Waals surface area contributed by atoms with Gasteiger partial charge in [0.15, 0.2) is 0 Å². The third-order valence-corrected chi connectivity index (χ3v) is 7.77. The van der Waals surface area contributed by atoms with Gasteiger partial charge in [0.05, 0.1) is 5.75 Å². The number of benzene rings is 2. The number of hydrogen-bond acceptors (Lipinski definition) is 3. The fraction of sp³-hybridized carbons (Fsp3) is 0.409. The third-order valence-electron chi connectivity index (χ3n) is 5.36. The third kappa shape index (κ3) is 6.45. The summed E-state index contributed by atoms with van der Waals surface area (Å²) in [6.45, 7) is 1.31. The second-order valence-electron chi connectivity index (χ2n) is 7.55. The van der Waals surface area contributed by atoms with Crippen molar-refractivity contribution in [3.8, 4) is 0 Å². The predicted octanol–water partition coefficient (Wildman–Crippen LogP) is 4.28. The number of piperidine rings is 1. The van der Waals surface area contributed by atoms with Crippen molar-refractivity contribution in [3.05, 3.63) is 69.7 Å². The van der Waals surface area contributed by atoms with Gasteiger partial charge in [-0.2, -0.15) is 0 Å². The normalized spacial score (nSPS) is 15.8. The van der Waals surface area contributed by atoms with Gasteiger partial charge in [0.25, 0.3) is 0 Å². The van der Waals surface area contributed by atoms with Crippen LogP contribution in [0.3, 0.4) is 0 Å². The van der Waals surface area contributed by atoms with Gasteiger partial charge in [-0.1, -0.05) is 59.6 Å². The Morgan fingerprint density at radius 1 is 1.07 bits per heavy atom. The van der Waals surface area contributed by atoms with Crippen LogP contribution in [-0.4, -0.2) is 38.3 Å². The van der Waals surface area contributed by atoms with Crippen LogP contribution >= 0.6 is 23.2 Å². The lowest BCUT2D eigenvalue weighted by molar-refractivity contribution is -0.126. The largest absolute Gasteiger partial charge is 0.356 e. The number of rotatable bonds is 8. The Hall–Kier alpha value is -1.60. The van der Waals surface area contributed by atoms with Crippen LogP contribution in [0.2, 0.25) is 10.0 Å². The summed E-state index contributed by atoms with van der Waals surface area (Å²) in [5.74, 6) is -0.299. The molecule has 1 aliphatic heterocycles. The molecule has 0 spiro atoms. The fourth-order valence-electron chi connectivity index (χ4n) is 3.62. The fourth-order valence-corrected chi connectivity index (χ4v) is 5.76. The van der Waals surface area contributed by atoms with Gasteiger partial charge in [0, 0.05) is 35.6 Å². The molecule has 0 aromatic heterocycles. The lowest BCUT2D eigenvalue weighted by Gasteiger charge is -2.30. The van der Waals surface area contributed by atoms with E-state index in [1.807, 2.05) is 18.2 Å². The quantitative estimate of drug-likeness (QED) is 0.587. The maximum absolute atomic E-state index is 12.7. The first-order valence-electron chi connectivity index (χ1n) is 10.1. The van der Waals surface area contributed by atoms with Crippen molar-refractivity contribution in [3.63, 3.8) is 0 Å². The van der Waals surface area contributed by atoms with E-state index in [-0.39, 0.29) is 17.6 Å². The maximum atomic E-state index is 12.7. The molecule has 1 fully saturated rings. The Bertz CT molecular complexity index is 960. The van der Waals surface area contributed by atoms with Crippen LogP contribution < -0.4 is 5.32 Å². The van der Waals surface area contributed by atoms with Gasteiger partial charge in [-0.25, -0.2) is 12.7 Å². The first-order chi connectivity index (χ1) is 14.3. The van der Waals surface area contributed by atoms with Gasteiger partial charge in [0.2, 0.25) is 15.9 Å². The summed E-state index contributed by atoms with van der Waals surface area (Å²) >= 11 is 12.0. The summed E-state index contributed by atoms with van der Waals surface area (Å²) in [4.78, 5) is 12.4. The van der Waals surface area contributed by atoms with Gasteiger partial charge in [0.1, 0.15) is 0 Å². The molecule has 1 saturated heterocycles.